The molecule has 0 spiro atoms. The van der Waals surface area contributed by atoms with Crippen LogP contribution in [-0.4, -0.2) is 33.5 Å². The Morgan fingerprint density at radius 2 is 1.72 bits per heavy atom. The van der Waals surface area contributed by atoms with Crippen molar-refractivity contribution < 1.29 is 9.53 Å². The van der Waals surface area contributed by atoms with Gasteiger partial charge in [0.15, 0.2) is 6.61 Å². The van der Waals surface area contributed by atoms with Crippen LogP contribution < -0.4 is 10.3 Å². The summed E-state index contributed by atoms with van der Waals surface area (Å²) in [5, 5.41) is 0.547. The number of para-hydroxylation sites is 2. The monoisotopic (exact) mass is 483 g/mol. The minimum Gasteiger partial charge on any atom is -0.484 e. The number of hydrogen-bond acceptors (Lipinski definition) is 4. The number of unbranched alkanes of at least 4 members (excludes halogenated alkanes) is 1. The third-order valence-electron chi connectivity index (χ3n) is 6.57. The van der Waals surface area contributed by atoms with E-state index in [-0.39, 0.29) is 18.1 Å². The smallest absolute Gasteiger partial charge is 0.266 e. The Morgan fingerprint density at radius 1 is 1.00 bits per heavy atom. The topological polar surface area (TPSA) is 64.4 Å². The molecule has 1 heterocycles. The van der Waals surface area contributed by atoms with E-state index in [1.54, 1.807) is 15.5 Å². The molecule has 4 aromatic rings. The molecule has 36 heavy (non-hydrogen) atoms. The maximum Gasteiger partial charge on any atom is 0.266 e. The Labute approximate surface area is 212 Å². The van der Waals surface area contributed by atoms with Crippen molar-refractivity contribution in [2.75, 3.05) is 13.2 Å². The first kappa shape index (κ1) is 25.2. The van der Waals surface area contributed by atoms with Crippen LogP contribution in [-0.2, 0) is 4.79 Å². The lowest BCUT2D eigenvalue weighted by Gasteiger charge is -2.30. The summed E-state index contributed by atoms with van der Waals surface area (Å²) in [7, 11) is 0. The number of carbonyl (C=O) groups excluding carboxylic acids is 1. The fourth-order valence-corrected chi connectivity index (χ4v) is 4.29. The van der Waals surface area contributed by atoms with Crippen LogP contribution in [0.2, 0.25) is 0 Å². The van der Waals surface area contributed by atoms with E-state index >= 15 is 0 Å². The fourth-order valence-electron chi connectivity index (χ4n) is 4.29. The molecule has 1 aromatic heterocycles. The molecule has 0 aliphatic rings. The number of rotatable bonds is 9. The van der Waals surface area contributed by atoms with E-state index in [1.165, 1.54) is 0 Å². The molecular weight excluding hydrogens is 450 g/mol. The number of fused-ring (bicyclic) bond motifs is 1. The van der Waals surface area contributed by atoms with Crippen LogP contribution in [0.1, 0.15) is 49.7 Å². The molecule has 1 amide bonds. The Balaban J connectivity index is 1.79. The summed E-state index contributed by atoms with van der Waals surface area (Å²) in [6.07, 6.45) is 1.77. The highest BCUT2D eigenvalue weighted by atomic mass is 16.5. The number of nitrogens with zero attached hydrogens (tertiary/aromatic N) is 3. The molecular formula is C30H33N3O3. The van der Waals surface area contributed by atoms with Gasteiger partial charge in [-0.05, 0) is 74.7 Å². The van der Waals surface area contributed by atoms with Crippen molar-refractivity contribution in [3.05, 3.63) is 100 Å². The van der Waals surface area contributed by atoms with Crippen LogP contribution in [0.5, 0.6) is 5.75 Å². The summed E-state index contributed by atoms with van der Waals surface area (Å²) in [5.74, 6) is 1.03. The molecule has 3 aromatic carbocycles. The molecule has 0 fully saturated rings. The zero-order valence-corrected chi connectivity index (χ0v) is 21.4. The summed E-state index contributed by atoms with van der Waals surface area (Å²) >= 11 is 0. The Morgan fingerprint density at radius 3 is 2.44 bits per heavy atom. The molecule has 0 saturated carbocycles. The number of benzene rings is 3. The van der Waals surface area contributed by atoms with Gasteiger partial charge in [-0.15, -0.1) is 0 Å². The van der Waals surface area contributed by atoms with Gasteiger partial charge in [0.1, 0.15) is 11.6 Å². The van der Waals surface area contributed by atoms with Crippen molar-refractivity contribution in [3.63, 3.8) is 0 Å². The first-order valence-electron chi connectivity index (χ1n) is 12.5. The summed E-state index contributed by atoms with van der Waals surface area (Å²) < 4.78 is 7.43. The highest BCUT2D eigenvalue weighted by Crippen LogP contribution is 2.25. The lowest BCUT2D eigenvalue weighted by molar-refractivity contribution is -0.135. The average molecular weight is 484 g/mol. The molecule has 0 aliphatic carbocycles. The van der Waals surface area contributed by atoms with Crippen LogP contribution in [0.15, 0.2) is 77.6 Å². The normalized spacial score (nSPS) is 11.9. The zero-order chi connectivity index (χ0) is 25.7. The fraction of sp³-hybridized carbons (Fsp3) is 0.300. The second kappa shape index (κ2) is 11.2. The van der Waals surface area contributed by atoms with Gasteiger partial charge in [-0.1, -0.05) is 49.7 Å². The van der Waals surface area contributed by atoms with Crippen molar-refractivity contribution in [2.45, 2.75) is 46.6 Å². The van der Waals surface area contributed by atoms with E-state index in [2.05, 4.69) is 6.92 Å². The standard InChI is InChI=1S/C30H33N3O3/c1-5-6-18-32(28(34)20-36-25-12-8-7-9-13-25)23(4)29-31-27-15-11-10-14-26(27)30(35)33(29)24-17-16-21(2)22(3)19-24/h7-17,19,23H,5-6,18,20H2,1-4H3. The quantitative estimate of drug-likeness (QED) is 0.303. The molecule has 0 saturated heterocycles. The predicted molar refractivity (Wildman–Crippen MR) is 144 cm³/mol. The molecule has 1 unspecified atom stereocenters. The molecule has 6 nitrogen and oxygen atoms in total. The maximum atomic E-state index is 13.8. The number of ether oxygens (including phenoxy) is 1. The van der Waals surface area contributed by atoms with Gasteiger partial charge in [-0.2, -0.15) is 0 Å². The zero-order valence-electron chi connectivity index (χ0n) is 21.4. The Bertz CT molecular complexity index is 1410. The second-order valence-electron chi connectivity index (χ2n) is 9.11. The van der Waals surface area contributed by atoms with Crippen LogP contribution >= 0.6 is 0 Å². The minimum absolute atomic E-state index is 0.0838. The van der Waals surface area contributed by atoms with Gasteiger partial charge < -0.3 is 9.64 Å². The molecule has 6 heteroatoms. The average Bonchev–Trinajstić information content (AvgIpc) is 2.90. The first-order chi connectivity index (χ1) is 17.4. The van der Waals surface area contributed by atoms with Crippen molar-refractivity contribution in [3.8, 4) is 11.4 Å². The molecule has 4 rings (SSSR count). The van der Waals surface area contributed by atoms with Gasteiger partial charge in [-0.3, -0.25) is 14.2 Å². The Kier molecular flexibility index (Phi) is 7.84. The van der Waals surface area contributed by atoms with E-state index in [4.69, 9.17) is 9.72 Å². The van der Waals surface area contributed by atoms with Crippen LogP contribution in [0, 0.1) is 13.8 Å². The largest absolute Gasteiger partial charge is 0.484 e. The molecule has 1 atom stereocenters. The van der Waals surface area contributed by atoms with Gasteiger partial charge in [0.25, 0.3) is 11.5 Å². The third kappa shape index (κ3) is 5.33. The van der Waals surface area contributed by atoms with Gasteiger partial charge in [0.05, 0.1) is 22.6 Å². The molecule has 0 aliphatic heterocycles. The Hall–Kier alpha value is -3.93. The van der Waals surface area contributed by atoms with Crippen molar-refractivity contribution in [1.29, 1.82) is 0 Å². The van der Waals surface area contributed by atoms with E-state index in [1.807, 2.05) is 87.5 Å². The van der Waals surface area contributed by atoms with Crippen LogP contribution in [0.4, 0.5) is 0 Å². The summed E-state index contributed by atoms with van der Waals surface area (Å²) in [4.78, 5) is 33.9. The predicted octanol–water partition coefficient (Wildman–Crippen LogP) is 5.77. The maximum absolute atomic E-state index is 13.8. The number of aromatic nitrogens is 2. The highest BCUT2D eigenvalue weighted by molar-refractivity contribution is 5.79. The van der Waals surface area contributed by atoms with Gasteiger partial charge in [0, 0.05) is 6.54 Å². The van der Waals surface area contributed by atoms with Crippen molar-refractivity contribution >= 4 is 16.8 Å². The van der Waals surface area contributed by atoms with Gasteiger partial charge in [-0.25, -0.2) is 4.98 Å². The number of hydrogen-bond donors (Lipinski definition) is 0. The lowest BCUT2D eigenvalue weighted by Crippen LogP contribution is -2.40. The summed E-state index contributed by atoms with van der Waals surface area (Å²) in [5.41, 5.74) is 3.45. The van der Waals surface area contributed by atoms with Crippen molar-refractivity contribution in [2.24, 2.45) is 0 Å². The molecule has 0 bridgehead atoms. The van der Waals surface area contributed by atoms with E-state index < -0.39 is 6.04 Å². The molecule has 186 valence electrons. The number of carbonyl (C=O) groups is 1. The summed E-state index contributed by atoms with van der Waals surface area (Å²) in [6.45, 7) is 8.56. The minimum atomic E-state index is -0.442. The number of amides is 1. The third-order valence-corrected chi connectivity index (χ3v) is 6.57. The lowest BCUT2D eigenvalue weighted by atomic mass is 10.1. The van der Waals surface area contributed by atoms with Crippen LogP contribution in [0.3, 0.4) is 0 Å². The van der Waals surface area contributed by atoms with Crippen molar-refractivity contribution in [1.82, 2.24) is 14.5 Å². The second-order valence-corrected chi connectivity index (χ2v) is 9.11. The first-order valence-corrected chi connectivity index (χ1v) is 12.5. The van der Waals surface area contributed by atoms with Crippen LogP contribution in [0.25, 0.3) is 16.6 Å². The molecule has 0 N–H and O–H groups in total. The van der Waals surface area contributed by atoms with E-state index in [0.717, 1.165) is 29.7 Å². The van der Waals surface area contributed by atoms with Gasteiger partial charge in [0.2, 0.25) is 0 Å². The van der Waals surface area contributed by atoms with E-state index in [9.17, 15) is 9.59 Å². The number of aryl methyl sites for hydroxylation is 2. The summed E-state index contributed by atoms with van der Waals surface area (Å²) in [6, 6.07) is 22.2. The van der Waals surface area contributed by atoms with Gasteiger partial charge >= 0.3 is 0 Å². The van der Waals surface area contributed by atoms with E-state index in [0.29, 0.717) is 29.0 Å². The highest BCUT2D eigenvalue weighted by Gasteiger charge is 2.27. The SMILES string of the molecule is CCCCN(C(=O)COc1ccccc1)C(C)c1nc2ccccc2c(=O)n1-c1ccc(C)c(C)c1. The molecule has 0 radical (unpaired) electrons.